The van der Waals surface area contributed by atoms with E-state index in [-0.39, 0.29) is 0 Å². The zero-order chi connectivity index (χ0) is 10.6. The van der Waals surface area contributed by atoms with Crippen molar-refractivity contribution in [3.63, 3.8) is 0 Å². The second kappa shape index (κ2) is 5.34. The van der Waals surface area contributed by atoms with Crippen LogP contribution in [0.4, 0.5) is 0 Å². The number of hydrogen-bond acceptors (Lipinski definition) is 1. The van der Waals surface area contributed by atoms with Gasteiger partial charge in [-0.1, -0.05) is 38.5 Å². The van der Waals surface area contributed by atoms with Gasteiger partial charge in [-0.15, -0.1) is 0 Å². The summed E-state index contributed by atoms with van der Waals surface area (Å²) in [6.45, 7) is 3.08. The summed E-state index contributed by atoms with van der Waals surface area (Å²) < 4.78 is 6.21. The predicted molar refractivity (Wildman–Crippen MR) is 64.0 cm³/mol. The predicted octanol–water partition coefficient (Wildman–Crippen LogP) is 4.31. The first-order valence-corrected chi connectivity index (χ1v) is 7.01. The Morgan fingerprint density at radius 3 is 2.13 bits per heavy atom. The molecule has 0 aromatic rings. The fourth-order valence-electron chi connectivity index (χ4n) is 3.74. The average molecular weight is 210 g/mol. The van der Waals surface area contributed by atoms with Crippen LogP contribution in [0.5, 0.6) is 0 Å². The Hall–Kier alpha value is -0.0400. The molecule has 88 valence electrons. The van der Waals surface area contributed by atoms with E-state index in [1.807, 2.05) is 0 Å². The molecule has 15 heavy (non-hydrogen) atoms. The third-order valence-corrected chi connectivity index (χ3v) is 4.48. The average Bonchev–Trinajstić information content (AvgIpc) is 2.32. The van der Waals surface area contributed by atoms with Gasteiger partial charge in [0.15, 0.2) is 0 Å². The lowest BCUT2D eigenvalue weighted by Crippen LogP contribution is -2.43. The minimum absolute atomic E-state index is 0.299. The summed E-state index contributed by atoms with van der Waals surface area (Å²) in [5, 5.41) is 0. The van der Waals surface area contributed by atoms with Crippen molar-refractivity contribution in [1.29, 1.82) is 0 Å². The van der Waals surface area contributed by atoms with E-state index in [0.29, 0.717) is 5.60 Å². The van der Waals surface area contributed by atoms with Crippen LogP contribution in [0.15, 0.2) is 0 Å². The van der Waals surface area contributed by atoms with Crippen molar-refractivity contribution >= 4 is 0 Å². The highest BCUT2D eigenvalue weighted by Crippen LogP contribution is 2.44. The Morgan fingerprint density at radius 2 is 1.53 bits per heavy atom. The van der Waals surface area contributed by atoms with Crippen LogP contribution in [0.3, 0.4) is 0 Å². The molecule has 0 saturated heterocycles. The molecule has 0 amide bonds. The highest BCUT2D eigenvalue weighted by atomic mass is 16.5. The molecular formula is C14H26O. The third kappa shape index (κ3) is 2.55. The zero-order valence-corrected chi connectivity index (χ0v) is 10.3. The first-order valence-electron chi connectivity index (χ1n) is 7.01. The van der Waals surface area contributed by atoms with E-state index in [0.717, 1.165) is 12.5 Å². The summed E-state index contributed by atoms with van der Waals surface area (Å²) in [6.07, 6.45) is 14.1. The Balaban J connectivity index is 2.01. The van der Waals surface area contributed by atoms with Crippen LogP contribution >= 0.6 is 0 Å². The Kier molecular flexibility index (Phi) is 4.07. The van der Waals surface area contributed by atoms with E-state index >= 15 is 0 Å². The van der Waals surface area contributed by atoms with Crippen LogP contribution in [-0.2, 0) is 4.74 Å². The lowest BCUT2D eigenvalue weighted by Gasteiger charge is -2.45. The molecule has 1 nitrogen and oxygen atoms in total. The quantitative estimate of drug-likeness (QED) is 0.674. The molecule has 2 aliphatic carbocycles. The molecule has 0 radical (unpaired) electrons. The molecule has 0 spiro atoms. The molecule has 0 bridgehead atoms. The van der Waals surface area contributed by atoms with Crippen LogP contribution in [0, 0.1) is 5.92 Å². The fourth-order valence-corrected chi connectivity index (χ4v) is 3.74. The molecule has 0 aromatic carbocycles. The maximum atomic E-state index is 6.21. The van der Waals surface area contributed by atoms with E-state index in [2.05, 4.69) is 6.92 Å². The first kappa shape index (κ1) is 11.4. The van der Waals surface area contributed by atoms with E-state index < -0.39 is 0 Å². The van der Waals surface area contributed by atoms with Gasteiger partial charge >= 0.3 is 0 Å². The van der Waals surface area contributed by atoms with Crippen LogP contribution in [0.2, 0.25) is 0 Å². The van der Waals surface area contributed by atoms with Gasteiger partial charge in [-0.25, -0.2) is 0 Å². The van der Waals surface area contributed by atoms with Gasteiger partial charge in [0.05, 0.1) is 5.60 Å². The Morgan fingerprint density at radius 1 is 0.933 bits per heavy atom. The maximum Gasteiger partial charge on any atom is 0.0710 e. The van der Waals surface area contributed by atoms with Crippen molar-refractivity contribution in [2.75, 3.05) is 6.61 Å². The summed E-state index contributed by atoms with van der Waals surface area (Å²) in [5.41, 5.74) is 0.299. The smallest absolute Gasteiger partial charge is 0.0710 e. The van der Waals surface area contributed by atoms with Crippen molar-refractivity contribution in [2.24, 2.45) is 5.92 Å². The minimum atomic E-state index is 0.299. The molecule has 2 rings (SSSR count). The monoisotopic (exact) mass is 210 g/mol. The second-order valence-corrected chi connectivity index (χ2v) is 5.39. The molecule has 2 saturated carbocycles. The standard InChI is InChI=1S/C14H26O/c1-2-15-14(11-7-4-8-12-14)13-9-5-3-6-10-13/h13H,2-12H2,1H3. The summed E-state index contributed by atoms with van der Waals surface area (Å²) >= 11 is 0. The number of ether oxygens (including phenoxy) is 1. The van der Waals surface area contributed by atoms with Crippen molar-refractivity contribution < 1.29 is 4.74 Å². The molecule has 0 aliphatic heterocycles. The molecule has 0 atom stereocenters. The largest absolute Gasteiger partial charge is 0.375 e. The lowest BCUT2D eigenvalue weighted by molar-refractivity contribution is -0.114. The first-order chi connectivity index (χ1) is 7.37. The van der Waals surface area contributed by atoms with Crippen molar-refractivity contribution in [3.8, 4) is 0 Å². The van der Waals surface area contributed by atoms with Crippen molar-refractivity contribution in [1.82, 2.24) is 0 Å². The molecule has 2 fully saturated rings. The van der Waals surface area contributed by atoms with Gasteiger partial charge in [0, 0.05) is 6.61 Å². The van der Waals surface area contributed by atoms with Crippen LogP contribution < -0.4 is 0 Å². The maximum absolute atomic E-state index is 6.21. The summed E-state index contributed by atoms with van der Waals surface area (Å²) in [7, 11) is 0. The van der Waals surface area contributed by atoms with Gasteiger partial charge in [-0.3, -0.25) is 0 Å². The van der Waals surface area contributed by atoms with Crippen molar-refractivity contribution in [3.05, 3.63) is 0 Å². The van der Waals surface area contributed by atoms with Gasteiger partial charge in [-0.05, 0) is 38.5 Å². The van der Waals surface area contributed by atoms with E-state index in [4.69, 9.17) is 4.74 Å². The third-order valence-electron chi connectivity index (χ3n) is 4.48. The molecule has 0 aromatic heterocycles. The van der Waals surface area contributed by atoms with Crippen LogP contribution in [0.1, 0.15) is 71.1 Å². The van der Waals surface area contributed by atoms with E-state index in [9.17, 15) is 0 Å². The molecule has 2 aliphatic rings. The second-order valence-electron chi connectivity index (χ2n) is 5.39. The fraction of sp³-hybridized carbons (Fsp3) is 1.00. The highest BCUT2D eigenvalue weighted by molar-refractivity contribution is 4.92. The molecule has 0 N–H and O–H groups in total. The lowest BCUT2D eigenvalue weighted by atomic mass is 9.69. The SMILES string of the molecule is CCOC1(C2CCCCC2)CCCCC1. The van der Waals surface area contributed by atoms with Crippen molar-refractivity contribution in [2.45, 2.75) is 76.7 Å². The number of rotatable bonds is 3. The van der Waals surface area contributed by atoms with E-state index in [1.165, 1.54) is 64.2 Å². The Bertz CT molecular complexity index is 170. The summed E-state index contributed by atoms with van der Waals surface area (Å²) in [5.74, 6) is 0.881. The van der Waals surface area contributed by atoms with E-state index in [1.54, 1.807) is 0 Å². The van der Waals surface area contributed by atoms with Crippen LogP contribution in [-0.4, -0.2) is 12.2 Å². The normalized spacial score (nSPS) is 27.8. The van der Waals surface area contributed by atoms with Crippen LogP contribution in [0.25, 0.3) is 0 Å². The molecular weight excluding hydrogens is 184 g/mol. The number of hydrogen-bond donors (Lipinski definition) is 0. The molecule has 0 heterocycles. The minimum Gasteiger partial charge on any atom is -0.375 e. The van der Waals surface area contributed by atoms with Gasteiger partial charge < -0.3 is 4.74 Å². The zero-order valence-electron chi connectivity index (χ0n) is 10.3. The summed E-state index contributed by atoms with van der Waals surface area (Å²) in [4.78, 5) is 0. The van der Waals surface area contributed by atoms with Gasteiger partial charge in [0.1, 0.15) is 0 Å². The molecule has 1 heteroatoms. The summed E-state index contributed by atoms with van der Waals surface area (Å²) in [6, 6.07) is 0. The van der Waals surface area contributed by atoms with Gasteiger partial charge in [-0.2, -0.15) is 0 Å². The Labute approximate surface area is 94.6 Å². The topological polar surface area (TPSA) is 9.23 Å². The van der Waals surface area contributed by atoms with Gasteiger partial charge in [0.25, 0.3) is 0 Å². The highest BCUT2D eigenvalue weighted by Gasteiger charge is 2.40. The molecule has 0 unspecified atom stereocenters. The van der Waals surface area contributed by atoms with Gasteiger partial charge in [0.2, 0.25) is 0 Å².